The smallest absolute Gasteiger partial charge is 0.238 e. The van der Waals surface area contributed by atoms with Crippen molar-refractivity contribution in [2.24, 2.45) is 5.14 Å². The lowest BCUT2D eigenvalue weighted by molar-refractivity contribution is 0.435. The average Bonchev–Trinajstić information content (AvgIpc) is 2.39. The fraction of sp³-hybridized carbons (Fsp3) is 0.571. The van der Waals surface area contributed by atoms with Crippen LogP contribution in [0.2, 0.25) is 0 Å². The van der Waals surface area contributed by atoms with Crippen molar-refractivity contribution >= 4 is 21.4 Å². The third-order valence-electron chi connectivity index (χ3n) is 3.89. The van der Waals surface area contributed by atoms with E-state index >= 15 is 0 Å². The fourth-order valence-electron chi connectivity index (χ4n) is 2.90. The van der Waals surface area contributed by atoms with Crippen molar-refractivity contribution in [3.8, 4) is 0 Å². The largest absolute Gasteiger partial charge is 0.397 e. The van der Waals surface area contributed by atoms with Gasteiger partial charge in [-0.05, 0) is 43.9 Å². The number of piperidine rings is 1. The molecule has 1 atom stereocenters. The van der Waals surface area contributed by atoms with Crippen LogP contribution in [0.15, 0.2) is 23.1 Å². The quantitative estimate of drug-likeness (QED) is 0.833. The van der Waals surface area contributed by atoms with E-state index in [0.29, 0.717) is 11.7 Å². The Kier molecular flexibility index (Phi) is 4.55. The van der Waals surface area contributed by atoms with Gasteiger partial charge >= 0.3 is 0 Å². The van der Waals surface area contributed by atoms with Gasteiger partial charge in [-0.1, -0.05) is 13.3 Å². The summed E-state index contributed by atoms with van der Waals surface area (Å²) >= 11 is 0. The number of anilines is 2. The maximum atomic E-state index is 11.5. The number of sulfonamides is 1. The molecule has 0 aromatic heterocycles. The van der Waals surface area contributed by atoms with Crippen LogP contribution in [0.3, 0.4) is 0 Å². The predicted molar refractivity (Wildman–Crippen MR) is 82.1 cm³/mol. The van der Waals surface area contributed by atoms with E-state index in [1.165, 1.54) is 12.5 Å². The third kappa shape index (κ3) is 3.24. The van der Waals surface area contributed by atoms with Crippen LogP contribution in [0.25, 0.3) is 0 Å². The maximum Gasteiger partial charge on any atom is 0.238 e. The van der Waals surface area contributed by atoms with Crippen LogP contribution in [-0.4, -0.2) is 21.0 Å². The van der Waals surface area contributed by atoms with Gasteiger partial charge in [0, 0.05) is 12.6 Å². The van der Waals surface area contributed by atoms with Gasteiger partial charge in [-0.2, -0.15) is 0 Å². The third-order valence-corrected chi connectivity index (χ3v) is 4.80. The number of rotatable bonds is 4. The highest BCUT2D eigenvalue weighted by Gasteiger charge is 2.24. The van der Waals surface area contributed by atoms with Crippen molar-refractivity contribution < 1.29 is 8.42 Å². The van der Waals surface area contributed by atoms with Crippen LogP contribution in [0.4, 0.5) is 11.4 Å². The summed E-state index contributed by atoms with van der Waals surface area (Å²) in [5.41, 5.74) is 7.46. The minimum Gasteiger partial charge on any atom is -0.397 e. The lowest BCUT2D eigenvalue weighted by Gasteiger charge is -2.38. The summed E-state index contributed by atoms with van der Waals surface area (Å²) < 4.78 is 23.0. The van der Waals surface area contributed by atoms with E-state index in [-0.39, 0.29) is 4.90 Å². The molecule has 1 aromatic carbocycles. The second-order valence-electron chi connectivity index (χ2n) is 5.40. The Morgan fingerprint density at radius 1 is 1.35 bits per heavy atom. The molecular weight excluding hydrogens is 274 g/mol. The lowest BCUT2D eigenvalue weighted by Crippen LogP contribution is -2.40. The molecule has 112 valence electrons. The fourth-order valence-corrected chi connectivity index (χ4v) is 3.43. The normalized spacial score (nSPS) is 20.1. The van der Waals surface area contributed by atoms with Crippen LogP contribution in [-0.2, 0) is 10.0 Å². The number of hydrogen-bond donors (Lipinski definition) is 2. The van der Waals surface area contributed by atoms with Gasteiger partial charge in [-0.15, -0.1) is 0 Å². The first-order chi connectivity index (χ1) is 9.43. The summed E-state index contributed by atoms with van der Waals surface area (Å²) in [4.78, 5) is 2.37. The highest BCUT2D eigenvalue weighted by atomic mass is 32.2. The molecule has 1 fully saturated rings. The number of nitrogens with two attached hydrogens (primary N) is 2. The highest BCUT2D eigenvalue weighted by molar-refractivity contribution is 7.89. The van der Waals surface area contributed by atoms with Crippen molar-refractivity contribution in [1.82, 2.24) is 0 Å². The van der Waals surface area contributed by atoms with Gasteiger partial charge in [0.2, 0.25) is 10.0 Å². The molecular formula is C14H23N3O2S. The van der Waals surface area contributed by atoms with Crippen molar-refractivity contribution in [3.05, 3.63) is 18.2 Å². The standard InChI is InChI=1S/C14H23N3O2S/c1-2-5-11-6-3-4-9-17(11)14-10-12(20(16,18)19)7-8-13(14)15/h7-8,10-11H,2-6,9,15H2,1H3,(H2,16,18,19). The van der Waals surface area contributed by atoms with Crippen molar-refractivity contribution in [2.75, 3.05) is 17.2 Å². The first-order valence-corrected chi connectivity index (χ1v) is 8.67. The van der Waals surface area contributed by atoms with Crippen LogP contribution < -0.4 is 15.8 Å². The SMILES string of the molecule is CCCC1CCCCN1c1cc(S(N)(=O)=O)ccc1N. The Morgan fingerprint density at radius 3 is 2.75 bits per heavy atom. The molecule has 6 heteroatoms. The number of primary sulfonamides is 1. The zero-order valence-electron chi connectivity index (χ0n) is 11.9. The second kappa shape index (κ2) is 6.01. The summed E-state index contributed by atoms with van der Waals surface area (Å²) in [5.74, 6) is 0. The van der Waals surface area contributed by atoms with Gasteiger partial charge in [0.25, 0.3) is 0 Å². The average molecular weight is 297 g/mol. The number of nitrogens with zero attached hydrogens (tertiary/aromatic N) is 1. The molecule has 1 heterocycles. The first-order valence-electron chi connectivity index (χ1n) is 7.12. The summed E-state index contributed by atoms with van der Waals surface area (Å²) in [6.07, 6.45) is 5.66. The van der Waals surface area contributed by atoms with Crippen LogP contribution >= 0.6 is 0 Å². The molecule has 0 spiro atoms. The summed E-state index contributed by atoms with van der Waals surface area (Å²) in [6, 6.07) is 5.14. The predicted octanol–water partition coefficient (Wildman–Crippen LogP) is 2.08. The second-order valence-corrected chi connectivity index (χ2v) is 6.96. The molecule has 1 saturated heterocycles. The van der Waals surface area contributed by atoms with Crippen LogP contribution in [0, 0.1) is 0 Å². The van der Waals surface area contributed by atoms with Crippen molar-refractivity contribution in [2.45, 2.75) is 50.0 Å². The van der Waals surface area contributed by atoms with Crippen molar-refractivity contribution in [1.29, 1.82) is 0 Å². The number of nitrogen functional groups attached to an aromatic ring is 1. The van der Waals surface area contributed by atoms with Gasteiger partial charge < -0.3 is 10.6 Å². The lowest BCUT2D eigenvalue weighted by atomic mass is 9.97. The molecule has 0 saturated carbocycles. The van der Waals surface area contributed by atoms with Gasteiger partial charge in [0.05, 0.1) is 16.3 Å². The molecule has 2 rings (SSSR count). The molecule has 4 N–H and O–H groups in total. The molecule has 1 aliphatic rings. The first kappa shape index (κ1) is 15.1. The molecule has 20 heavy (non-hydrogen) atoms. The minimum absolute atomic E-state index is 0.127. The van der Waals surface area contributed by atoms with Crippen molar-refractivity contribution in [3.63, 3.8) is 0 Å². The maximum absolute atomic E-state index is 11.5. The van der Waals surface area contributed by atoms with E-state index in [2.05, 4.69) is 11.8 Å². The summed E-state index contributed by atoms with van der Waals surface area (Å²) in [6.45, 7) is 3.08. The Labute approximate surface area is 121 Å². The summed E-state index contributed by atoms with van der Waals surface area (Å²) in [5, 5.41) is 5.21. The zero-order valence-corrected chi connectivity index (χ0v) is 12.7. The number of benzene rings is 1. The van der Waals surface area contributed by atoms with Gasteiger partial charge in [0.1, 0.15) is 0 Å². The minimum atomic E-state index is -3.69. The highest BCUT2D eigenvalue weighted by Crippen LogP contribution is 2.33. The molecule has 5 nitrogen and oxygen atoms in total. The monoisotopic (exact) mass is 297 g/mol. The Bertz CT molecular complexity index is 570. The van der Waals surface area contributed by atoms with E-state index in [1.54, 1.807) is 12.1 Å². The van der Waals surface area contributed by atoms with E-state index < -0.39 is 10.0 Å². The van der Waals surface area contributed by atoms with Gasteiger partial charge in [-0.3, -0.25) is 0 Å². The van der Waals surface area contributed by atoms with Crippen LogP contribution in [0.1, 0.15) is 39.0 Å². The zero-order chi connectivity index (χ0) is 14.8. The molecule has 0 aliphatic carbocycles. The number of hydrogen-bond acceptors (Lipinski definition) is 4. The van der Waals surface area contributed by atoms with E-state index in [1.807, 2.05) is 0 Å². The van der Waals surface area contributed by atoms with Gasteiger partial charge in [0.15, 0.2) is 0 Å². The molecule has 1 unspecified atom stereocenters. The molecule has 1 aromatic rings. The molecule has 0 bridgehead atoms. The van der Waals surface area contributed by atoms with E-state index in [9.17, 15) is 8.42 Å². The molecule has 1 aliphatic heterocycles. The van der Waals surface area contributed by atoms with E-state index in [4.69, 9.17) is 10.9 Å². The summed E-state index contributed by atoms with van der Waals surface area (Å²) in [7, 11) is -3.69. The van der Waals surface area contributed by atoms with Gasteiger partial charge in [-0.25, -0.2) is 13.6 Å². The molecule has 0 amide bonds. The Morgan fingerprint density at radius 2 is 2.10 bits per heavy atom. The van der Waals surface area contributed by atoms with Crippen LogP contribution in [0.5, 0.6) is 0 Å². The Balaban J connectivity index is 2.39. The molecule has 0 radical (unpaired) electrons. The topological polar surface area (TPSA) is 89.4 Å². The van der Waals surface area contributed by atoms with E-state index in [0.717, 1.165) is 37.9 Å². The Hall–Kier alpha value is -1.27.